The van der Waals surface area contributed by atoms with Crippen LogP contribution in [0.3, 0.4) is 0 Å². The van der Waals surface area contributed by atoms with E-state index in [1.54, 1.807) is 26.3 Å². The zero-order valence-corrected chi connectivity index (χ0v) is 17.2. The molecule has 0 aromatic heterocycles. The van der Waals surface area contributed by atoms with E-state index in [4.69, 9.17) is 14.2 Å². The summed E-state index contributed by atoms with van der Waals surface area (Å²) >= 11 is 0. The molecule has 30 heavy (non-hydrogen) atoms. The Bertz CT molecular complexity index is 824. The predicted molar refractivity (Wildman–Crippen MR) is 109 cm³/mol. The van der Waals surface area contributed by atoms with Gasteiger partial charge in [0.1, 0.15) is 5.75 Å². The summed E-state index contributed by atoms with van der Waals surface area (Å²) in [6, 6.07) is 12.1. The lowest BCUT2D eigenvalue weighted by Crippen LogP contribution is -2.36. The molecule has 164 valence electrons. The maximum atomic E-state index is 12.2. The van der Waals surface area contributed by atoms with Gasteiger partial charge in [0.15, 0.2) is 24.1 Å². The predicted octanol–water partition coefficient (Wildman–Crippen LogP) is 3.90. The summed E-state index contributed by atoms with van der Waals surface area (Å²) in [6.07, 6.45) is -4.36. The van der Waals surface area contributed by atoms with Crippen molar-refractivity contribution in [2.45, 2.75) is 26.2 Å². The summed E-state index contributed by atoms with van der Waals surface area (Å²) in [5, 5.41) is 6.35. The van der Waals surface area contributed by atoms with Gasteiger partial charge in [-0.2, -0.15) is 13.2 Å². The van der Waals surface area contributed by atoms with E-state index in [2.05, 4.69) is 15.6 Å². The van der Waals surface area contributed by atoms with E-state index < -0.39 is 12.8 Å². The van der Waals surface area contributed by atoms with Crippen LogP contribution in [0.2, 0.25) is 0 Å². The number of benzene rings is 2. The second-order valence-electron chi connectivity index (χ2n) is 6.25. The molecule has 0 atom stereocenters. The van der Waals surface area contributed by atoms with E-state index in [9.17, 15) is 13.2 Å². The molecule has 0 bridgehead atoms. The van der Waals surface area contributed by atoms with Crippen molar-refractivity contribution < 1.29 is 27.4 Å². The van der Waals surface area contributed by atoms with Crippen LogP contribution in [0.15, 0.2) is 47.5 Å². The van der Waals surface area contributed by atoms with Crippen LogP contribution in [0.4, 0.5) is 13.2 Å². The Morgan fingerprint density at radius 2 is 1.57 bits per heavy atom. The fourth-order valence-corrected chi connectivity index (χ4v) is 2.56. The monoisotopic (exact) mass is 425 g/mol. The molecule has 2 aromatic rings. The number of ether oxygens (including phenoxy) is 3. The Balaban J connectivity index is 1.85. The van der Waals surface area contributed by atoms with E-state index in [0.29, 0.717) is 37.2 Å². The van der Waals surface area contributed by atoms with Crippen LogP contribution in [0, 0.1) is 0 Å². The van der Waals surface area contributed by atoms with Gasteiger partial charge in [-0.25, -0.2) is 0 Å². The highest BCUT2D eigenvalue weighted by atomic mass is 19.4. The Morgan fingerprint density at radius 3 is 2.13 bits per heavy atom. The van der Waals surface area contributed by atoms with Crippen LogP contribution in [-0.4, -0.2) is 39.5 Å². The summed E-state index contributed by atoms with van der Waals surface area (Å²) in [5.41, 5.74) is 1.87. The Labute approximate surface area is 174 Å². The number of alkyl halides is 3. The molecule has 0 saturated carbocycles. The third kappa shape index (κ3) is 7.73. The minimum absolute atomic E-state index is 0.169. The Hall–Kier alpha value is -3.10. The van der Waals surface area contributed by atoms with Crippen LogP contribution in [0.25, 0.3) is 0 Å². The van der Waals surface area contributed by atoms with Crippen molar-refractivity contribution in [3.8, 4) is 17.2 Å². The minimum atomic E-state index is -4.36. The molecule has 0 fully saturated rings. The van der Waals surface area contributed by atoms with Gasteiger partial charge in [-0.3, -0.25) is 4.99 Å². The molecule has 0 aliphatic rings. The lowest BCUT2D eigenvalue weighted by Gasteiger charge is -2.14. The highest BCUT2D eigenvalue weighted by Gasteiger charge is 2.28. The molecule has 0 heterocycles. The highest BCUT2D eigenvalue weighted by molar-refractivity contribution is 5.79. The number of hydrogen-bond acceptors (Lipinski definition) is 4. The maximum absolute atomic E-state index is 12.2. The van der Waals surface area contributed by atoms with Crippen LogP contribution in [0.1, 0.15) is 18.1 Å². The first kappa shape index (κ1) is 23.2. The van der Waals surface area contributed by atoms with Crippen molar-refractivity contribution in [1.82, 2.24) is 10.6 Å². The molecule has 6 nitrogen and oxygen atoms in total. The molecule has 2 aromatic carbocycles. The van der Waals surface area contributed by atoms with Gasteiger partial charge in [0, 0.05) is 20.1 Å². The second-order valence-corrected chi connectivity index (χ2v) is 6.25. The average molecular weight is 425 g/mol. The van der Waals surface area contributed by atoms with Crippen molar-refractivity contribution in [2.24, 2.45) is 4.99 Å². The van der Waals surface area contributed by atoms with E-state index in [1.165, 1.54) is 12.1 Å². The van der Waals surface area contributed by atoms with Gasteiger partial charge in [-0.15, -0.1) is 0 Å². The maximum Gasteiger partial charge on any atom is 0.422 e. The third-order valence-electron chi connectivity index (χ3n) is 4.00. The average Bonchev–Trinajstić information content (AvgIpc) is 2.73. The fraction of sp³-hybridized carbons (Fsp3) is 0.381. The highest BCUT2D eigenvalue weighted by Crippen LogP contribution is 2.28. The number of nitrogens with one attached hydrogen (secondary N) is 2. The van der Waals surface area contributed by atoms with Gasteiger partial charge in [0.2, 0.25) is 0 Å². The van der Waals surface area contributed by atoms with Crippen LogP contribution >= 0.6 is 0 Å². The molecule has 0 aliphatic carbocycles. The molecule has 2 rings (SSSR count). The van der Waals surface area contributed by atoms with Gasteiger partial charge < -0.3 is 24.8 Å². The van der Waals surface area contributed by atoms with E-state index in [-0.39, 0.29) is 5.75 Å². The topological polar surface area (TPSA) is 64.1 Å². The largest absolute Gasteiger partial charge is 0.493 e. The lowest BCUT2D eigenvalue weighted by molar-refractivity contribution is -0.153. The van der Waals surface area contributed by atoms with E-state index in [1.807, 2.05) is 25.1 Å². The first-order chi connectivity index (χ1) is 14.3. The first-order valence-corrected chi connectivity index (χ1v) is 9.37. The number of aliphatic imine (C=N–C) groups is 1. The molecular formula is C21H26F3N3O3. The number of rotatable bonds is 9. The van der Waals surface area contributed by atoms with Crippen molar-refractivity contribution in [3.05, 3.63) is 53.6 Å². The van der Waals surface area contributed by atoms with E-state index >= 15 is 0 Å². The molecule has 0 unspecified atom stereocenters. The first-order valence-electron chi connectivity index (χ1n) is 9.37. The lowest BCUT2D eigenvalue weighted by atomic mass is 10.2. The fourth-order valence-electron chi connectivity index (χ4n) is 2.56. The number of methoxy groups -OCH3 is 1. The van der Waals surface area contributed by atoms with Gasteiger partial charge in [0.05, 0.1) is 13.7 Å². The standard InChI is InChI=1S/C21H26F3N3O3/c1-4-29-18-10-7-16(11-19(18)28-3)13-27-20(25-2)26-12-15-5-8-17(9-6-15)30-14-21(22,23)24/h5-11H,4,12-14H2,1-3H3,(H2,25,26,27). The molecule has 2 N–H and O–H groups in total. The number of halogens is 3. The molecule has 0 amide bonds. The summed E-state index contributed by atoms with van der Waals surface area (Å²) < 4.78 is 52.1. The van der Waals surface area contributed by atoms with Crippen molar-refractivity contribution in [3.63, 3.8) is 0 Å². The number of nitrogens with zero attached hydrogens (tertiary/aromatic N) is 1. The zero-order chi connectivity index (χ0) is 22.0. The smallest absolute Gasteiger partial charge is 0.422 e. The molecule has 9 heteroatoms. The van der Waals surface area contributed by atoms with Gasteiger partial charge in [-0.1, -0.05) is 18.2 Å². The Kier molecular flexibility index (Phi) is 8.64. The number of hydrogen-bond donors (Lipinski definition) is 2. The van der Waals surface area contributed by atoms with Crippen molar-refractivity contribution in [2.75, 3.05) is 27.4 Å². The quantitative estimate of drug-likeness (QED) is 0.471. The van der Waals surface area contributed by atoms with Gasteiger partial charge in [0.25, 0.3) is 0 Å². The summed E-state index contributed by atoms with van der Waals surface area (Å²) in [4.78, 5) is 4.17. The van der Waals surface area contributed by atoms with Gasteiger partial charge in [-0.05, 0) is 42.3 Å². The Morgan fingerprint density at radius 1 is 0.933 bits per heavy atom. The molecule has 0 radical (unpaired) electrons. The van der Waals surface area contributed by atoms with Gasteiger partial charge >= 0.3 is 6.18 Å². The van der Waals surface area contributed by atoms with Crippen molar-refractivity contribution in [1.29, 1.82) is 0 Å². The summed E-state index contributed by atoms with van der Waals surface area (Å²) in [6.45, 7) is 2.13. The minimum Gasteiger partial charge on any atom is -0.493 e. The summed E-state index contributed by atoms with van der Waals surface area (Å²) in [7, 11) is 3.25. The molecule has 0 aliphatic heterocycles. The number of guanidine groups is 1. The second kappa shape index (κ2) is 11.2. The van der Waals surface area contributed by atoms with Crippen molar-refractivity contribution >= 4 is 5.96 Å². The third-order valence-corrected chi connectivity index (χ3v) is 4.00. The molecule has 0 saturated heterocycles. The SMILES string of the molecule is CCOc1ccc(CNC(=NC)NCc2ccc(OCC(F)(F)F)cc2)cc1OC. The van der Waals surface area contributed by atoms with E-state index in [0.717, 1.165) is 11.1 Å². The zero-order valence-electron chi connectivity index (χ0n) is 17.2. The molecule has 0 spiro atoms. The summed E-state index contributed by atoms with van der Waals surface area (Å²) in [5.74, 6) is 2.10. The normalized spacial score (nSPS) is 11.7. The van der Waals surface area contributed by atoms with Crippen LogP contribution < -0.4 is 24.8 Å². The molecular weight excluding hydrogens is 399 g/mol. The van der Waals surface area contributed by atoms with Crippen LogP contribution in [0.5, 0.6) is 17.2 Å². The van der Waals surface area contributed by atoms with Crippen LogP contribution in [-0.2, 0) is 13.1 Å².